The molecular formula is C24H39NO2. The number of allylic oxidation sites excluding steroid dienone is 2. The third kappa shape index (κ3) is 10.8. The maximum absolute atomic E-state index is 11.3. The lowest BCUT2D eigenvalue weighted by Gasteiger charge is -2.12. The number of unbranched alkanes of at least 4 members (excludes halogenated alkanes) is 8. The molecule has 0 amide bonds. The van der Waals surface area contributed by atoms with Crippen LogP contribution in [0, 0.1) is 0 Å². The average Bonchev–Trinajstić information content (AvgIpc) is 2.66. The molecule has 1 atom stereocenters. The van der Waals surface area contributed by atoms with Crippen molar-refractivity contribution in [1.82, 2.24) is 0 Å². The van der Waals surface area contributed by atoms with Crippen molar-refractivity contribution < 1.29 is 9.90 Å². The smallest absolute Gasteiger partial charge is 0.310 e. The Morgan fingerprint density at radius 3 is 2.33 bits per heavy atom. The van der Waals surface area contributed by atoms with Crippen molar-refractivity contribution in [2.75, 3.05) is 11.9 Å². The number of carbonyl (C=O) groups is 1. The van der Waals surface area contributed by atoms with Crippen molar-refractivity contribution in [1.29, 1.82) is 0 Å². The molecule has 3 heteroatoms. The van der Waals surface area contributed by atoms with E-state index in [1.165, 1.54) is 51.4 Å². The van der Waals surface area contributed by atoms with Gasteiger partial charge in [0, 0.05) is 12.2 Å². The Morgan fingerprint density at radius 2 is 1.67 bits per heavy atom. The van der Waals surface area contributed by atoms with E-state index in [0.29, 0.717) is 6.42 Å². The van der Waals surface area contributed by atoms with Gasteiger partial charge < -0.3 is 10.4 Å². The van der Waals surface area contributed by atoms with Crippen molar-refractivity contribution in [2.45, 2.75) is 90.4 Å². The van der Waals surface area contributed by atoms with Crippen LogP contribution in [0.4, 0.5) is 5.69 Å². The number of aliphatic carboxylic acids is 1. The Labute approximate surface area is 166 Å². The van der Waals surface area contributed by atoms with Gasteiger partial charge in [-0.3, -0.25) is 4.79 Å². The van der Waals surface area contributed by atoms with Crippen LogP contribution in [0.3, 0.4) is 0 Å². The molecule has 0 heterocycles. The molecular weight excluding hydrogens is 334 g/mol. The molecule has 0 radical (unpaired) electrons. The maximum Gasteiger partial charge on any atom is 0.310 e. The summed E-state index contributed by atoms with van der Waals surface area (Å²) >= 11 is 0. The summed E-state index contributed by atoms with van der Waals surface area (Å²) in [5.41, 5.74) is 1.89. The van der Waals surface area contributed by atoms with Gasteiger partial charge in [-0.2, -0.15) is 0 Å². The summed E-state index contributed by atoms with van der Waals surface area (Å²) in [6, 6.07) is 7.82. The largest absolute Gasteiger partial charge is 0.481 e. The highest BCUT2D eigenvalue weighted by molar-refractivity contribution is 5.76. The number of anilines is 1. The van der Waals surface area contributed by atoms with E-state index in [1.807, 2.05) is 31.2 Å². The second kappa shape index (κ2) is 15.3. The Hall–Kier alpha value is -1.77. The molecule has 0 aliphatic rings. The lowest BCUT2D eigenvalue weighted by atomic mass is 9.96. The summed E-state index contributed by atoms with van der Waals surface area (Å²) in [4.78, 5) is 11.3. The Kier molecular flexibility index (Phi) is 13.2. The van der Waals surface area contributed by atoms with E-state index in [1.54, 1.807) is 0 Å². The number of hydrogen-bond donors (Lipinski definition) is 2. The predicted molar refractivity (Wildman–Crippen MR) is 117 cm³/mol. The topological polar surface area (TPSA) is 49.3 Å². The van der Waals surface area contributed by atoms with E-state index in [9.17, 15) is 9.90 Å². The minimum absolute atomic E-state index is 0.415. The van der Waals surface area contributed by atoms with Crippen LogP contribution < -0.4 is 5.32 Å². The van der Waals surface area contributed by atoms with Gasteiger partial charge in [0.05, 0.1) is 5.92 Å². The number of nitrogens with one attached hydrogen (secondary N) is 1. The Balaban J connectivity index is 2.12. The molecule has 0 saturated carbocycles. The average molecular weight is 374 g/mol. The highest BCUT2D eigenvalue weighted by atomic mass is 16.4. The molecule has 1 rings (SSSR count). The summed E-state index contributed by atoms with van der Waals surface area (Å²) in [5, 5.41) is 12.7. The zero-order valence-corrected chi connectivity index (χ0v) is 17.4. The van der Waals surface area contributed by atoms with Crippen LogP contribution in [0.5, 0.6) is 0 Å². The molecule has 2 N–H and O–H groups in total. The summed E-state index contributed by atoms with van der Waals surface area (Å²) in [7, 11) is 0. The highest BCUT2D eigenvalue weighted by Gasteiger charge is 2.17. The van der Waals surface area contributed by atoms with Crippen molar-refractivity contribution in [3.63, 3.8) is 0 Å². The molecule has 3 nitrogen and oxygen atoms in total. The Bertz CT molecular complexity index is 539. The molecule has 0 aliphatic carbocycles. The minimum Gasteiger partial charge on any atom is -0.481 e. The zero-order valence-electron chi connectivity index (χ0n) is 17.4. The molecule has 0 saturated heterocycles. The molecule has 152 valence electrons. The van der Waals surface area contributed by atoms with Crippen LogP contribution in [0.2, 0.25) is 0 Å². The first-order chi connectivity index (χ1) is 13.2. The van der Waals surface area contributed by atoms with Gasteiger partial charge in [0.1, 0.15) is 0 Å². The van der Waals surface area contributed by atoms with Gasteiger partial charge in [0.2, 0.25) is 0 Å². The van der Waals surface area contributed by atoms with Crippen LogP contribution >= 0.6 is 0 Å². The van der Waals surface area contributed by atoms with Gasteiger partial charge in [-0.15, -0.1) is 0 Å². The molecule has 0 bridgehead atoms. The number of rotatable bonds is 16. The maximum atomic E-state index is 11.3. The second-order valence-corrected chi connectivity index (χ2v) is 7.37. The first-order valence-electron chi connectivity index (χ1n) is 10.9. The number of carboxylic acids is 1. The van der Waals surface area contributed by atoms with E-state index < -0.39 is 11.9 Å². The van der Waals surface area contributed by atoms with E-state index in [4.69, 9.17) is 0 Å². The fraction of sp³-hybridized carbons (Fsp3) is 0.625. The second-order valence-electron chi connectivity index (χ2n) is 7.37. The van der Waals surface area contributed by atoms with Gasteiger partial charge in [-0.1, -0.05) is 76.7 Å². The highest BCUT2D eigenvalue weighted by Crippen LogP contribution is 2.22. The molecule has 1 aromatic carbocycles. The predicted octanol–water partition coefficient (Wildman–Crippen LogP) is 7.15. The quantitative estimate of drug-likeness (QED) is 0.239. The van der Waals surface area contributed by atoms with Crippen molar-refractivity contribution in [3.05, 3.63) is 42.0 Å². The molecule has 27 heavy (non-hydrogen) atoms. The van der Waals surface area contributed by atoms with E-state index in [-0.39, 0.29) is 0 Å². The molecule has 1 aromatic rings. The van der Waals surface area contributed by atoms with Gasteiger partial charge >= 0.3 is 5.97 Å². The minimum atomic E-state index is -0.749. The van der Waals surface area contributed by atoms with Crippen molar-refractivity contribution >= 4 is 11.7 Å². The van der Waals surface area contributed by atoms with Crippen LogP contribution in [0.25, 0.3) is 0 Å². The third-order valence-electron chi connectivity index (χ3n) is 5.01. The SMILES string of the molecule is CCCCCCCCCC=CCCCNc1cccc(C(CC)C(=O)O)c1. The monoisotopic (exact) mass is 373 g/mol. The van der Waals surface area contributed by atoms with Crippen LogP contribution in [0.1, 0.15) is 96.0 Å². The van der Waals surface area contributed by atoms with Crippen LogP contribution in [-0.4, -0.2) is 17.6 Å². The van der Waals surface area contributed by atoms with Crippen LogP contribution in [0.15, 0.2) is 36.4 Å². The van der Waals surface area contributed by atoms with Gasteiger partial charge in [-0.25, -0.2) is 0 Å². The van der Waals surface area contributed by atoms with Crippen molar-refractivity contribution in [3.8, 4) is 0 Å². The first-order valence-corrected chi connectivity index (χ1v) is 10.9. The number of hydrogen-bond acceptors (Lipinski definition) is 2. The standard InChI is InChI=1S/C24H39NO2/c1-3-5-6-7-8-9-10-11-12-13-14-15-19-25-22-18-16-17-21(20-22)23(4-2)24(26)27/h12-13,16-18,20,23,25H,3-11,14-15,19H2,1-2H3,(H,26,27). The fourth-order valence-electron chi connectivity index (χ4n) is 3.33. The van der Waals surface area contributed by atoms with Crippen LogP contribution in [-0.2, 0) is 4.79 Å². The van der Waals surface area contributed by atoms with Crippen molar-refractivity contribution in [2.24, 2.45) is 0 Å². The summed E-state index contributed by atoms with van der Waals surface area (Å²) < 4.78 is 0. The van der Waals surface area contributed by atoms with E-state index in [2.05, 4.69) is 24.4 Å². The fourth-order valence-corrected chi connectivity index (χ4v) is 3.33. The molecule has 0 aliphatic heterocycles. The van der Waals surface area contributed by atoms with Gasteiger partial charge in [-0.05, 0) is 49.8 Å². The molecule has 1 unspecified atom stereocenters. The molecule has 0 aromatic heterocycles. The first kappa shape index (κ1) is 23.3. The summed E-state index contributed by atoms with van der Waals surface area (Å²) in [6.07, 6.45) is 18.2. The lowest BCUT2D eigenvalue weighted by Crippen LogP contribution is -2.11. The van der Waals surface area contributed by atoms with E-state index >= 15 is 0 Å². The number of benzene rings is 1. The zero-order chi connectivity index (χ0) is 19.7. The summed E-state index contributed by atoms with van der Waals surface area (Å²) in [5.74, 6) is -1.16. The van der Waals surface area contributed by atoms with Gasteiger partial charge in [0.15, 0.2) is 0 Å². The number of carboxylic acid groups (broad SMARTS) is 1. The summed E-state index contributed by atoms with van der Waals surface area (Å²) in [6.45, 7) is 5.09. The molecule has 0 spiro atoms. The molecule has 0 fully saturated rings. The third-order valence-corrected chi connectivity index (χ3v) is 5.01. The lowest BCUT2D eigenvalue weighted by molar-refractivity contribution is -0.138. The Morgan fingerprint density at radius 1 is 1.00 bits per heavy atom. The van der Waals surface area contributed by atoms with E-state index in [0.717, 1.165) is 30.6 Å². The van der Waals surface area contributed by atoms with Gasteiger partial charge in [0.25, 0.3) is 0 Å². The normalized spacial score (nSPS) is 12.4.